The zero-order valence-electron chi connectivity index (χ0n) is 15.9. The molecule has 1 heterocycles. The average molecular weight is 387 g/mol. The molecule has 3 aromatic rings. The van der Waals surface area contributed by atoms with Crippen molar-refractivity contribution in [3.63, 3.8) is 0 Å². The molecular weight excluding hydrogens is 366 g/mol. The zero-order chi connectivity index (χ0) is 20.1. The van der Waals surface area contributed by atoms with E-state index >= 15 is 0 Å². The molecule has 0 N–H and O–H groups in total. The molecule has 146 valence electrons. The lowest BCUT2D eigenvalue weighted by Crippen LogP contribution is -2.36. The molecule has 1 aliphatic rings. The number of carbonyl (C=O) groups is 2. The molecule has 0 aromatic heterocycles. The molecular formula is C24H21NO4. The predicted molar refractivity (Wildman–Crippen MR) is 111 cm³/mol. The third-order valence-electron chi connectivity index (χ3n) is 4.82. The van der Waals surface area contributed by atoms with Crippen LogP contribution in [-0.2, 0) is 4.74 Å². The largest absolute Gasteiger partial charge is 0.423 e. The van der Waals surface area contributed by atoms with Crippen molar-refractivity contribution in [1.82, 2.24) is 0 Å². The van der Waals surface area contributed by atoms with E-state index < -0.39 is 5.97 Å². The van der Waals surface area contributed by atoms with Crippen LogP contribution in [0.25, 0.3) is 0 Å². The first-order valence-electron chi connectivity index (χ1n) is 9.55. The number of esters is 1. The third kappa shape index (κ3) is 4.52. The van der Waals surface area contributed by atoms with E-state index in [4.69, 9.17) is 9.47 Å². The molecule has 4 rings (SSSR count). The molecule has 1 fully saturated rings. The highest BCUT2D eigenvalue weighted by Gasteiger charge is 2.15. The van der Waals surface area contributed by atoms with Gasteiger partial charge in [0.2, 0.25) is 0 Å². The summed E-state index contributed by atoms with van der Waals surface area (Å²) in [5.74, 6) is -0.158. The third-order valence-corrected chi connectivity index (χ3v) is 4.82. The molecule has 0 aliphatic carbocycles. The fourth-order valence-electron chi connectivity index (χ4n) is 3.25. The molecule has 0 radical (unpaired) electrons. The van der Waals surface area contributed by atoms with Gasteiger partial charge in [0.25, 0.3) is 0 Å². The van der Waals surface area contributed by atoms with Crippen LogP contribution in [0.3, 0.4) is 0 Å². The van der Waals surface area contributed by atoms with Gasteiger partial charge in [0, 0.05) is 29.9 Å². The van der Waals surface area contributed by atoms with Gasteiger partial charge in [-0.15, -0.1) is 0 Å². The number of ketones is 1. The van der Waals surface area contributed by atoms with E-state index in [-0.39, 0.29) is 5.78 Å². The smallest absolute Gasteiger partial charge is 0.343 e. The number of benzene rings is 3. The minimum atomic E-state index is -0.492. The maximum Gasteiger partial charge on any atom is 0.343 e. The summed E-state index contributed by atoms with van der Waals surface area (Å²) in [5, 5.41) is 0. The monoisotopic (exact) mass is 387 g/mol. The normalized spacial score (nSPS) is 13.7. The quantitative estimate of drug-likeness (QED) is 0.377. The van der Waals surface area contributed by atoms with E-state index in [1.807, 2.05) is 30.3 Å². The van der Waals surface area contributed by atoms with Crippen LogP contribution in [0.4, 0.5) is 5.69 Å². The molecule has 29 heavy (non-hydrogen) atoms. The van der Waals surface area contributed by atoms with Gasteiger partial charge in [-0.2, -0.15) is 0 Å². The summed E-state index contributed by atoms with van der Waals surface area (Å²) in [6, 6.07) is 23.0. The van der Waals surface area contributed by atoms with Crippen molar-refractivity contribution in [3.8, 4) is 5.75 Å². The number of nitrogens with zero attached hydrogens (tertiary/aromatic N) is 1. The number of anilines is 1. The highest BCUT2D eigenvalue weighted by Crippen LogP contribution is 2.19. The Bertz CT molecular complexity index is 993. The van der Waals surface area contributed by atoms with Crippen molar-refractivity contribution in [2.45, 2.75) is 0 Å². The van der Waals surface area contributed by atoms with E-state index in [9.17, 15) is 9.59 Å². The van der Waals surface area contributed by atoms with Gasteiger partial charge >= 0.3 is 5.97 Å². The lowest BCUT2D eigenvalue weighted by atomic mass is 10.0. The molecule has 0 spiro atoms. The molecule has 0 saturated carbocycles. The summed E-state index contributed by atoms with van der Waals surface area (Å²) in [6.07, 6.45) is 0. The molecule has 5 nitrogen and oxygen atoms in total. The van der Waals surface area contributed by atoms with Gasteiger partial charge in [-0.3, -0.25) is 4.79 Å². The fraction of sp³-hybridized carbons (Fsp3) is 0.167. The highest BCUT2D eigenvalue weighted by molar-refractivity contribution is 6.10. The standard InChI is InChI=1S/C24H21NO4/c26-23(18-9-11-21(12-10-18)25-13-15-28-16-14-25)19-5-4-6-20(17-19)24(27)29-22-7-2-1-3-8-22/h1-12,17H,13-16H2. The van der Waals surface area contributed by atoms with Crippen molar-refractivity contribution in [2.75, 3.05) is 31.2 Å². The number of morpholine rings is 1. The summed E-state index contributed by atoms with van der Waals surface area (Å²) in [4.78, 5) is 27.5. The second-order valence-corrected chi connectivity index (χ2v) is 6.76. The second kappa shape index (κ2) is 8.71. The van der Waals surface area contributed by atoms with E-state index in [1.54, 1.807) is 48.5 Å². The van der Waals surface area contributed by atoms with Gasteiger partial charge < -0.3 is 14.4 Å². The molecule has 0 atom stereocenters. The lowest BCUT2D eigenvalue weighted by molar-refractivity contribution is 0.0734. The van der Waals surface area contributed by atoms with Gasteiger partial charge in [-0.05, 0) is 48.5 Å². The van der Waals surface area contributed by atoms with Crippen molar-refractivity contribution >= 4 is 17.4 Å². The first-order chi connectivity index (χ1) is 14.2. The summed E-state index contributed by atoms with van der Waals surface area (Å²) >= 11 is 0. The van der Waals surface area contributed by atoms with E-state index in [1.165, 1.54) is 0 Å². The van der Waals surface area contributed by atoms with Crippen LogP contribution in [0.15, 0.2) is 78.9 Å². The highest BCUT2D eigenvalue weighted by atomic mass is 16.5. The van der Waals surface area contributed by atoms with Crippen molar-refractivity contribution in [3.05, 3.63) is 95.6 Å². The Morgan fingerprint density at radius 1 is 0.759 bits per heavy atom. The molecule has 1 aliphatic heterocycles. The Labute approximate surface area is 169 Å². The van der Waals surface area contributed by atoms with Crippen LogP contribution in [0.2, 0.25) is 0 Å². The summed E-state index contributed by atoms with van der Waals surface area (Å²) in [5.41, 5.74) is 2.44. The van der Waals surface area contributed by atoms with Crippen molar-refractivity contribution < 1.29 is 19.1 Å². The van der Waals surface area contributed by atoms with Gasteiger partial charge in [-0.25, -0.2) is 4.79 Å². The van der Waals surface area contributed by atoms with Crippen LogP contribution in [0.5, 0.6) is 5.75 Å². The minimum absolute atomic E-state index is 0.132. The summed E-state index contributed by atoms with van der Waals surface area (Å²) in [6.45, 7) is 3.12. The zero-order valence-corrected chi connectivity index (χ0v) is 15.9. The minimum Gasteiger partial charge on any atom is -0.423 e. The maximum absolute atomic E-state index is 12.9. The first-order valence-corrected chi connectivity index (χ1v) is 9.55. The molecule has 0 amide bonds. The van der Waals surface area contributed by atoms with Crippen LogP contribution < -0.4 is 9.64 Å². The van der Waals surface area contributed by atoms with Gasteiger partial charge in [0.15, 0.2) is 5.78 Å². The number of hydrogen-bond donors (Lipinski definition) is 0. The summed E-state index contributed by atoms with van der Waals surface area (Å²) < 4.78 is 10.7. The van der Waals surface area contributed by atoms with Crippen molar-refractivity contribution in [2.24, 2.45) is 0 Å². The molecule has 3 aromatic carbocycles. The Morgan fingerprint density at radius 3 is 2.17 bits per heavy atom. The number of carbonyl (C=O) groups excluding carboxylic acids is 2. The second-order valence-electron chi connectivity index (χ2n) is 6.76. The fourth-order valence-corrected chi connectivity index (χ4v) is 3.25. The number of para-hydroxylation sites is 1. The van der Waals surface area contributed by atoms with Crippen LogP contribution in [-0.4, -0.2) is 38.1 Å². The predicted octanol–water partition coefficient (Wildman–Crippen LogP) is 3.97. The number of hydrogen-bond acceptors (Lipinski definition) is 5. The number of rotatable bonds is 5. The van der Waals surface area contributed by atoms with Crippen LogP contribution >= 0.6 is 0 Å². The van der Waals surface area contributed by atoms with Gasteiger partial charge in [0.05, 0.1) is 18.8 Å². The molecule has 5 heteroatoms. The Hall–Kier alpha value is -3.44. The van der Waals surface area contributed by atoms with Crippen LogP contribution in [0.1, 0.15) is 26.3 Å². The van der Waals surface area contributed by atoms with E-state index in [0.29, 0.717) is 35.7 Å². The Balaban J connectivity index is 1.48. The van der Waals surface area contributed by atoms with E-state index in [0.717, 1.165) is 18.8 Å². The first kappa shape index (κ1) is 18.9. The lowest BCUT2D eigenvalue weighted by Gasteiger charge is -2.28. The van der Waals surface area contributed by atoms with E-state index in [2.05, 4.69) is 4.90 Å². The maximum atomic E-state index is 12.9. The Morgan fingerprint density at radius 2 is 1.45 bits per heavy atom. The molecule has 0 bridgehead atoms. The molecule has 1 saturated heterocycles. The topological polar surface area (TPSA) is 55.8 Å². The average Bonchev–Trinajstić information content (AvgIpc) is 2.80. The van der Waals surface area contributed by atoms with Crippen LogP contribution in [0, 0.1) is 0 Å². The number of ether oxygens (including phenoxy) is 2. The summed E-state index contributed by atoms with van der Waals surface area (Å²) in [7, 11) is 0. The molecule has 0 unspecified atom stereocenters. The Kier molecular flexibility index (Phi) is 5.68. The van der Waals surface area contributed by atoms with Crippen molar-refractivity contribution in [1.29, 1.82) is 0 Å². The van der Waals surface area contributed by atoms with Gasteiger partial charge in [0.1, 0.15) is 5.75 Å². The van der Waals surface area contributed by atoms with Gasteiger partial charge in [-0.1, -0.05) is 30.3 Å². The SMILES string of the molecule is O=C(Oc1ccccc1)c1cccc(C(=O)c2ccc(N3CCOCC3)cc2)c1.